The Morgan fingerprint density at radius 2 is 1.65 bits per heavy atom. The molecule has 0 bridgehead atoms. The number of hydrogen-bond donors (Lipinski definition) is 2. The second kappa shape index (κ2) is 6.30. The van der Waals surface area contributed by atoms with Crippen molar-refractivity contribution in [2.24, 2.45) is 0 Å². The Balaban J connectivity index is 2.39. The van der Waals surface area contributed by atoms with Gasteiger partial charge in [-0.05, 0) is 0 Å². The third-order valence-electron chi connectivity index (χ3n) is 3.90. The minimum absolute atomic E-state index is 0.00225. The van der Waals surface area contributed by atoms with E-state index in [1.165, 1.54) is 0 Å². The first kappa shape index (κ1) is 19.8. The van der Waals surface area contributed by atoms with Gasteiger partial charge in [0.1, 0.15) is 0 Å². The number of rotatable bonds is 4. The predicted octanol–water partition coefficient (Wildman–Crippen LogP) is -0.565. The summed E-state index contributed by atoms with van der Waals surface area (Å²) in [7, 11) is 0. The third-order valence-corrected chi connectivity index (χ3v) is 8.57. The summed E-state index contributed by atoms with van der Waals surface area (Å²) in [5.41, 5.74) is -8.11. The van der Waals surface area contributed by atoms with Crippen molar-refractivity contribution in [3.8, 4) is 0 Å². The van der Waals surface area contributed by atoms with Crippen LogP contribution in [0.1, 0.15) is 25.7 Å². The van der Waals surface area contributed by atoms with Gasteiger partial charge in [-0.25, -0.2) is 0 Å². The number of esters is 1. The molecular weight excluding hydrogens is 562 g/mol. The molecule has 2 aliphatic rings. The summed E-state index contributed by atoms with van der Waals surface area (Å²) in [5, 5.41) is 9.68. The van der Waals surface area contributed by atoms with Crippen LogP contribution >= 0.6 is 22.6 Å². The quantitative estimate of drug-likeness (QED) is 0.0900. The number of hydrogen-bond acceptors (Lipinski definition) is 4. The first-order chi connectivity index (χ1) is 10.4. The van der Waals surface area contributed by atoms with Crippen LogP contribution in [0.4, 0.5) is 26.3 Å². The Morgan fingerprint density at radius 1 is 1.22 bits per heavy atom. The molecule has 2 unspecified atom stereocenters. The van der Waals surface area contributed by atoms with Gasteiger partial charge in [-0.2, -0.15) is 0 Å². The van der Waals surface area contributed by atoms with E-state index in [1.54, 1.807) is 22.6 Å². The zero-order valence-electron chi connectivity index (χ0n) is 11.3. The first-order valence-corrected chi connectivity index (χ1v) is 10.0. The molecule has 1 saturated carbocycles. The summed E-state index contributed by atoms with van der Waals surface area (Å²) < 4.78 is 85.4. The van der Waals surface area contributed by atoms with Crippen LogP contribution in [0, 0.1) is 0 Å². The molecule has 1 aliphatic heterocycles. The van der Waals surface area contributed by atoms with E-state index in [9.17, 15) is 36.2 Å². The number of halogens is 8. The van der Waals surface area contributed by atoms with Gasteiger partial charge in [0.05, 0.1) is 0 Å². The Labute approximate surface area is 151 Å². The van der Waals surface area contributed by atoms with Crippen molar-refractivity contribution in [1.29, 1.82) is 0 Å². The Bertz CT molecular complexity index is 459. The van der Waals surface area contributed by atoms with Crippen LogP contribution in [0.2, 0.25) is 0 Å². The zero-order chi connectivity index (χ0) is 17.7. The molecule has 0 amide bonds. The van der Waals surface area contributed by atoms with Crippen molar-refractivity contribution in [1.82, 2.24) is 3.53 Å². The minimum atomic E-state index is -6.01. The van der Waals surface area contributed by atoms with Gasteiger partial charge in [0.2, 0.25) is 0 Å². The van der Waals surface area contributed by atoms with Crippen LogP contribution in [0.5, 0.6) is 0 Å². The summed E-state index contributed by atoms with van der Waals surface area (Å²) in [6, 6.07) is 0. The molecule has 4 nitrogen and oxygen atoms in total. The van der Waals surface area contributed by atoms with Gasteiger partial charge >= 0.3 is 152 Å². The van der Waals surface area contributed by atoms with Crippen LogP contribution in [-0.4, -0.2) is 42.6 Å². The van der Waals surface area contributed by atoms with Gasteiger partial charge < -0.3 is 0 Å². The SMILES string of the molecule is O=C(OC1(C(O)(C(F)(F)F)C(F)(F)F)CCCC1)C(I)C1N[I-]1. The van der Waals surface area contributed by atoms with Gasteiger partial charge in [-0.15, -0.1) is 0 Å². The second-order valence-corrected chi connectivity index (χ2v) is 9.28. The monoisotopic (exact) mass is 574 g/mol. The number of carbonyl (C=O) groups is 1. The van der Waals surface area contributed by atoms with Crippen LogP contribution in [0.3, 0.4) is 0 Å². The van der Waals surface area contributed by atoms with E-state index >= 15 is 0 Å². The molecular formula is C11H12F6I2NO3-. The van der Waals surface area contributed by atoms with Crippen molar-refractivity contribution >= 4 is 28.6 Å². The number of carbonyl (C=O) groups excluding carboxylic acids is 1. The van der Waals surface area contributed by atoms with Crippen molar-refractivity contribution < 1.29 is 62.5 Å². The Hall–Kier alpha value is 0.430. The van der Waals surface area contributed by atoms with Gasteiger partial charge in [-0.1, -0.05) is 0 Å². The maximum absolute atomic E-state index is 13.1. The molecule has 2 N–H and O–H groups in total. The summed E-state index contributed by atoms with van der Waals surface area (Å²) in [6.07, 6.45) is -13.4. The number of ether oxygens (including phenoxy) is 1. The average Bonchev–Trinajstić information content (AvgIpc) is 3.14. The zero-order valence-corrected chi connectivity index (χ0v) is 15.6. The molecule has 2 atom stereocenters. The van der Waals surface area contributed by atoms with Crippen LogP contribution < -0.4 is 25.0 Å². The number of alkyl halides is 8. The summed E-state index contributed by atoms with van der Waals surface area (Å²) >= 11 is 1.15. The van der Waals surface area contributed by atoms with E-state index in [0.29, 0.717) is 0 Å². The summed E-state index contributed by atoms with van der Waals surface area (Å²) in [5.74, 6) is -1.16. The van der Waals surface area contributed by atoms with Crippen molar-refractivity contribution in [2.75, 3.05) is 0 Å². The van der Waals surface area contributed by atoms with E-state index in [-0.39, 0.29) is 16.9 Å². The van der Waals surface area contributed by atoms with E-state index in [2.05, 4.69) is 3.53 Å². The molecule has 23 heavy (non-hydrogen) atoms. The Kier molecular flexibility index (Phi) is 5.41. The molecule has 0 aromatic rings. The molecule has 0 aromatic carbocycles. The summed E-state index contributed by atoms with van der Waals surface area (Å²) in [6.45, 7) is 0. The Morgan fingerprint density at radius 3 is 2.00 bits per heavy atom. The van der Waals surface area contributed by atoms with Gasteiger partial charge in [0.15, 0.2) is 0 Å². The van der Waals surface area contributed by atoms with Gasteiger partial charge in [0, 0.05) is 0 Å². The fourth-order valence-corrected chi connectivity index (χ4v) is 5.76. The van der Waals surface area contributed by atoms with E-state index in [4.69, 9.17) is 4.74 Å². The molecule has 2 rings (SSSR count). The number of aliphatic hydroxyl groups is 1. The number of nitrogens with one attached hydrogen (secondary N) is 1. The first-order valence-electron chi connectivity index (χ1n) is 6.46. The molecule has 2 fully saturated rings. The predicted molar refractivity (Wildman–Crippen MR) is 69.1 cm³/mol. The molecule has 12 heteroatoms. The van der Waals surface area contributed by atoms with Crippen molar-refractivity contribution in [3.63, 3.8) is 0 Å². The van der Waals surface area contributed by atoms with E-state index < -0.39 is 67.8 Å². The molecule has 1 heterocycles. The summed E-state index contributed by atoms with van der Waals surface area (Å²) in [4.78, 5) is 12.0. The van der Waals surface area contributed by atoms with Gasteiger partial charge in [0.25, 0.3) is 0 Å². The maximum atomic E-state index is 13.1. The molecule has 1 aliphatic carbocycles. The fourth-order valence-electron chi connectivity index (χ4n) is 2.68. The molecule has 136 valence electrons. The molecule has 0 aromatic heterocycles. The van der Waals surface area contributed by atoms with Crippen LogP contribution in [0.25, 0.3) is 0 Å². The molecule has 0 radical (unpaired) electrons. The fraction of sp³-hybridized carbons (Fsp3) is 0.909. The van der Waals surface area contributed by atoms with Crippen LogP contribution in [0.15, 0.2) is 0 Å². The normalized spacial score (nSPS) is 26.3. The average molecular weight is 574 g/mol. The third kappa shape index (κ3) is 3.41. The van der Waals surface area contributed by atoms with Crippen molar-refractivity contribution in [2.45, 2.75) is 57.2 Å². The van der Waals surface area contributed by atoms with Crippen molar-refractivity contribution in [3.05, 3.63) is 0 Å². The molecule has 1 saturated heterocycles. The topological polar surface area (TPSA) is 68.5 Å². The van der Waals surface area contributed by atoms with Gasteiger partial charge in [-0.3, -0.25) is 0 Å². The van der Waals surface area contributed by atoms with E-state index in [1.807, 2.05) is 0 Å². The second-order valence-electron chi connectivity index (χ2n) is 5.35. The van der Waals surface area contributed by atoms with Crippen LogP contribution in [-0.2, 0) is 9.53 Å². The molecule has 0 spiro atoms. The standard InChI is InChI=1S/C11H12F6I2NO3/c12-10(13,14)9(22,11(15,16)17)8(3-1-2-4-8)23-7(21)5(18)6-19-20-6/h5-6,20,22H,1-4H2/q-1. The van der Waals surface area contributed by atoms with E-state index in [0.717, 1.165) is 0 Å².